The number of amides is 4. The molecule has 63 heavy (non-hydrogen) atoms. The SMILES string of the molecule is Cn1c2ccc(OCC(O/N=C(\C(=O)N[C@@H]3C(=O)N(OS(=O)(=O)O)C3(C)C)c3csc(NC(=O)OC(C)(C)C)n3)C(=O)OC(C)(C)C)cc2c[n+]1[C@@H]1CCN(C(=O)OC(C)(C)C)C1. The van der Waals surface area contributed by atoms with E-state index in [-0.39, 0.29) is 23.0 Å². The first-order valence-electron chi connectivity index (χ1n) is 19.8. The fourth-order valence-electron chi connectivity index (χ4n) is 6.43. The molecular weight excluding hydrogens is 869 g/mol. The van der Waals surface area contributed by atoms with E-state index >= 15 is 0 Å². The van der Waals surface area contributed by atoms with Crippen molar-refractivity contribution in [2.45, 2.75) is 123 Å². The number of fused-ring (bicyclic) bond motifs is 1. The van der Waals surface area contributed by atoms with E-state index in [2.05, 4.69) is 25.1 Å². The monoisotopic (exact) mass is 923 g/mol. The third-order valence-corrected chi connectivity index (χ3v) is 10.3. The van der Waals surface area contributed by atoms with Crippen molar-refractivity contribution in [2.75, 3.05) is 25.0 Å². The highest BCUT2D eigenvalue weighted by molar-refractivity contribution is 7.80. The minimum Gasteiger partial charge on any atom is -0.489 e. The van der Waals surface area contributed by atoms with Crippen LogP contribution < -0.4 is 20.1 Å². The average Bonchev–Trinajstić information content (AvgIpc) is 3.87. The number of carbonyl (C=O) groups is 5. The number of thiazole rings is 1. The van der Waals surface area contributed by atoms with Crippen LogP contribution in [0.2, 0.25) is 0 Å². The molecule has 0 saturated carbocycles. The van der Waals surface area contributed by atoms with E-state index in [1.165, 1.54) is 19.2 Å². The van der Waals surface area contributed by atoms with Gasteiger partial charge in [-0.05, 0) is 94.4 Å². The smallest absolute Gasteiger partial charge is 0.418 e. The molecule has 4 amide bonds. The fourth-order valence-corrected chi connectivity index (χ4v) is 7.56. The third-order valence-electron chi connectivity index (χ3n) is 9.19. The third kappa shape index (κ3) is 12.5. The minimum atomic E-state index is -5.09. The summed E-state index contributed by atoms with van der Waals surface area (Å²) < 4.78 is 62.8. The Balaban J connectivity index is 1.39. The molecule has 2 aromatic heterocycles. The maximum Gasteiger partial charge on any atom is 0.418 e. The summed E-state index contributed by atoms with van der Waals surface area (Å²) in [5.41, 5.74) is -3.80. The first kappa shape index (κ1) is 48.4. The fraction of sp³-hybridized carbons (Fsp3) is 0.590. The molecule has 3 atom stereocenters. The van der Waals surface area contributed by atoms with Gasteiger partial charge in [-0.1, -0.05) is 5.16 Å². The van der Waals surface area contributed by atoms with Crippen LogP contribution in [0.3, 0.4) is 0 Å². The van der Waals surface area contributed by atoms with Crippen LogP contribution >= 0.6 is 11.3 Å². The number of aromatic nitrogens is 3. The lowest BCUT2D eigenvalue weighted by atomic mass is 9.84. The normalized spacial score (nSPS) is 18.7. The van der Waals surface area contributed by atoms with E-state index in [0.29, 0.717) is 30.3 Å². The number of carbonyl (C=O) groups excluding carboxylic acids is 5. The van der Waals surface area contributed by atoms with Gasteiger partial charge >= 0.3 is 28.6 Å². The molecule has 2 fully saturated rings. The van der Waals surface area contributed by atoms with Gasteiger partial charge < -0.3 is 34.0 Å². The Morgan fingerprint density at radius 1 is 1.03 bits per heavy atom. The number of anilines is 1. The van der Waals surface area contributed by atoms with Crippen LogP contribution in [0, 0.1) is 0 Å². The summed E-state index contributed by atoms with van der Waals surface area (Å²) >= 11 is 0.894. The van der Waals surface area contributed by atoms with Gasteiger partial charge in [0.05, 0.1) is 24.5 Å². The van der Waals surface area contributed by atoms with Gasteiger partial charge in [-0.2, -0.15) is 18.2 Å². The quantitative estimate of drug-likeness (QED) is 0.0419. The molecule has 3 aromatic rings. The largest absolute Gasteiger partial charge is 0.489 e. The molecule has 346 valence electrons. The van der Waals surface area contributed by atoms with E-state index in [1.54, 1.807) is 58.6 Å². The molecule has 0 radical (unpaired) electrons. The highest BCUT2D eigenvalue weighted by atomic mass is 32.3. The first-order valence-corrected chi connectivity index (χ1v) is 22.0. The number of hydrogen-bond donors (Lipinski definition) is 3. The molecule has 2 aliphatic heterocycles. The van der Waals surface area contributed by atoms with Gasteiger partial charge in [0.1, 0.15) is 46.4 Å². The molecular formula is C39H55N8O14S2+. The maximum atomic E-state index is 13.9. The summed E-state index contributed by atoms with van der Waals surface area (Å²) in [6.45, 7) is 18.6. The van der Waals surface area contributed by atoms with Crippen molar-refractivity contribution in [1.29, 1.82) is 0 Å². The Morgan fingerprint density at radius 2 is 1.68 bits per heavy atom. The average molecular weight is 924 g/mol. The molecule has 2 saturated heterocycles. The van der Waals surface area contributed by atoms with Gasteiger partial charge in [0, 0.05) is 18.3 Å². The van der Waals surface area contributed by atoms with Gasteiger partial charge in [0.2, 0.25) is 12.2 Å². The summed E-state index contributed by atoms with van der Waals surface area (Å²) in [4.78, 5) is 77.2. The second-order valence-electron chi connectivity index (χ2n) is 18.4. The summed E-state index contributed by atoms with van der Waals surface area (Å²) in [6, 6.07) is 3.88. The lowest BCUT2D eigenvalue weighted by molar-refractivity contribution is -0.790. The second kappa shape index (κ2) is 17.9. The van der Waals surface area contributed by atoms with Crippen molar-refractivity contribution >= 4 is 73.5 Å². The van der Waals surface area contributed by atoms with E-state index in [0.717, 1.165) is 22.2 Å². The van der Waals surface area contributed by atoms with Crippen LogP contribution in [-0.4, -0.2) is 122 Å². The van der Waals surface area contributed by atoms with E-state index in [9.17, 15) is 32.4 Å². The van der Waals surface area contributed by atoms with Crippen molar-refractivity contribution in [3.63, 3.8) is 0 Å². The molecule has 0 aliphatic carbocycles. The predicted molar refractivity (Wildman–Crippen MR) is 225 cm³/mol. The van der Waals surface area contributed by atoms with Crippen LogP contribution in [0.4, 0.5) is 14.7 Å². The van der Waals surface area contributed by atoms with Crippen molar-refractivity contribution in [1.82, 2.24) is 24.9 Å². The van der Waals surface area contributed by atoms with E-state index in [1.807, 2.05) is 49.4 Å². The molecule has 1 aromatic carbocycles. The Hall–Kier alpha value is -5.59. The van der Waals surface area contributed by atoms with Crippen molar-refractivity contribution < 1.29 is 69.7 Å². The van der Waals surface area contributed by atoms with Gasteiger partial charge in [-0.15, -0.1) is 20.3 Å². The number of aryl methyl sites for hydroxylation is 1. The highest BCUT2D eigenvalue weighted by Crippen LogP contribution is 2.33. The number of nitrogens with one attached hydrogen (secondary N) is 2. The minimum absolute atomic E-state index is 0.00882. The predicted octanol–water partition coefficient (Wildman–Crippen LogP) is 3.80. The topological polar surface area (TPSA) is 260 Å². The molecule has 5 rings (SSSR count). The zero-order valence-corrected chi connectivity index (χ0v) is 38.8. The Bertz CT molecular complexity index is 2390. The van der Waals surface area contributed by atoms with Crippen molar-refractivity contribution in [3.05, 3.63) is 35.5 Å². The lowest BCUT2D eigenvalue weighted by Crippen LogP contribution is -2.76. The first-order chi connectivity index (χ1) is 28.9. The van der Waals surface area contributed by atoms with Gasteiger partial charge in [-0.3, -0.25) is 19.5 Å². The van der Waals surface area contributed by atoms with Crippen LogP contribution in [0.5, 0.6) is 5.75 Å². The van der Waals surface area contributed by atoms with Crippen LogP contribution in [-0.2, 0) is 55.2 Å². The molecule has 1 unspecified atom stereocenters. The molecule has 3 N–H and O–H groups in total. The summed E-state index contributed by atoms with van der Waals surface area (Å²) in [7, 11) is -3.18. The maximum absolute atomic E-state index is 13.9. The lowest BCUT2D eigenvalue weighted by Gasteiger charge is -2.50. The van der Waals surface area contributed by atoms with Gasteiger partial charge in [0.25, 0.3) is 17.9 Å². The van der Waals surface area contributed by atoms with Crippen molar-refractivity contribution in [3.8, 4) is 5.75 Å². The number of nitrogens with zero attached hydrogens (tertiary/aromatic N) is 6. The van der Waals surface area contributed by atoms with Crippen molar-refractivity contribution in [2.24, 2.45) is 12.2 Å². The number of esters is 1. The van der Waals surface area contributed by atoms with Crippen LogP contribution in [0.1, 0.15) is 94.3 Å². The molecule has 4 heterocycles. The number of hydrogen-bond acceptors (Lipinski definition) is 16. The number of oxime groups is 1. The number of likely N-dealkylation sites (tertiary alicyclic amines) is 1. The number of β-lactam (4-membered cyclic amide) rings is 1. The summed E-state index contributed by atoms with van der Waals surface area (Å²) in [5, 5.41) is 11.4. The Labute approximate surface area is 368 Å². The van der Waals surface area contributed by atoms with Crippen LogP contribution in [0.25, 0.3) is 10.9 Å². The Kier molecular flexibility index (Phi) is 13.8. The Morgan fingerprint density at radius 3 is 2.29 bits per heavy atom. The zero-order chi connectivity index (χ0) is 47.0. The second-order valence-corrected chi connectivity index (χ2v) is 20.2. The number of ether oxygens (including phenoxy) is 4. The molecule has 0 spiro atoms. The van der Waals surface area contributed by atoms with E-state index in [4.69, 9.17) is 28.3 Å². The number of benzene rings is 1. The molecule has 0 bridgehead atoms. The highest BCUT2D eigenvalue weighted by Gasteiger charge is 2.58. The number of hydroxylamine groups is 2. The molecule has 22 nitrogen and oxygen atoms in total. The van der Waals surface area contributed by atoms with Crippen LogP contribution in [0.15, 0.2) is 34.9 Å². The van der Waals surface area contributed by atoms with Gasteiger partial charge in [0.15, 0.2) is 10.8 Å². The van der Waals surface area contributed by atoms with Gasteiger partial charge in [-0.25, -0.2) is 19.4 Å². The molecule has 24 heteroatoms. The van der Waals surface area contributed by atoms with E-state index < -0.39 is 81.1 Å². The molecule has 2 aliphatic rings. The summed E-state index contributed by atoms with van der Waals surface area (Å²) in [6.07, 6.45) is -0.144. The number of rotatable bonds is 13. The standard InChI is InChI=1S/C39H54N8O14S2/c1-36(2,3)57-32(50)27(20-56-24-13-14-26-22(17-24)18-46(44(26)12)23-15-16-45(19-23)35(52)59-38(7,8)9)60-43-28(25-21-62-33(40-25)42-34(51)58-37(4,5)6)30(48)41-29-31(49)47(39(29,10)11)61-63(53,54)55/h13-14,17-18,21,23,27,29H,15-16,19-20H2,1-12H3,(H2-,40,41,42,48,51,53,54,55)/p+1/b43-28-/t23-,27?,29-/m1/s1. The summed E-state index contributed by atoms with van der Waals surface area (Å²) in [5.74, 6) is -2.64. The zero-order valence-electron chi connectivity index (χ0n) is 37.2.